The van der Waals surface area contributed by atoms with Crippen molar-refractivity contribution in [2.24, 2.45) is 0 Å². The molecule has 0 N–H and O–H groups in total. The highest BCUT2D eigenvalue weighted by molar-refractivity contribution is 5.71. The molecule has 0 aromatic rings. The Labute approximate surface area is 392 Å². The van der Waals surface area contributed by atoms with Crippen molar-refractivity contribution in [3.05, 3.63) is 122 Å². The van der Waals surface area contributed by atoms with Gasteiger partial charge in [-0.3, -0.25) is 14.4 Å². The lowest BCUT2D eigenvalue weighted by Gasteiger charge is -2.18. The van der Waals surface area contributed by atoms with Crippen molar-refractivity contribution >= 4 is 17.9 Å². The number of allylic oxidation sites excluding steroid dienone is 20. The van der Waals surface area contributed by atoms with Crippen molar-refractivity contribution < 1.29 is 28.6 Å². The molecule has 6 nitrogen and oxygen atoms in total. The van der Waals surface area contributed by atoms with Gasteiger partial charge in [0.1, 0.15) is 13.2 Å². The molecule has 0 rings (SSSR count). The smallest absolute Gasteiger partial charge is 0.306 e. The van der Waals surface area contributed by atoms with E-state index in [9.17, 15) is 14.4 Å². The minimum atomic E-state index is -0.836. The van der Waals surface area contributed by atoms with Gasteiger partial charge in [-0.1, -0.05) is 213 Å². The number of rotatable bonds is 44. The van der Waals surface area contributed by atoms with Crippen LogP contribution in [-0.2, 0) is 28.6 Å². The molecule has 0 radical (unpaired) electrons. The Bertz CT molecular complexity index is 1390. The maximum Gasteiger partial charge on any atom is 0.306 e. The molecule has 6 heteroatoms. The van der Waals surface area contributed by atoms with E-state index in [0.29, 0.717) is 12.8 Å². The van der Waals surface area contributed by atoms with Gasteiger partial charge in [-0.05, 0) is 96.3 Å². The van der Waals surface area contributed by atoms with Crippen LogP contribution in [0.4, 0.5) is 0 Å². The summed E-state index contributed by atoms with van der Waals surface area (Å²) in [6.07, 6.45) is 70.5. The molecule has 0 bridgehead atoms. The summed E-state index contributed by atoms with van der Waals surface area (Å²) in [5, 5.41) is 0. The fraction of sp³-hybridized carbons (Fsp3) is 0.603. The highest BCUT2D eigenvalue weighted by atomic mass is 16.6. The molecule has 0 amide bonds. The molecule has 0 spiro atoms. The first-order chi connectivity index (χ1) is 31.5. The number of carbonyl (C=O) groups excluding carboxylic acids is 3. The molecule has 0 aromatic carbocycles. The third kappa shape index (κ3) is 48.8. The van der Waals surface area contributed by atoms with Crippen LogP contribution in [0, 0.1) is 0 Å². The van der Waals surface area contributed by atoms with E-state index >= 15 is 0 Å². The van der Waals surface area contributed by atoms with E-state index in [1.807, 2.05) is 54.7 Å². The standard InChI is InChI=1S/C58H92O6/c1-4-7-10-13-16-19-22-25-27-29-31-33-36-39-42-45-48-51-57(60)63-54-55(53-62-56(59)50-47-44-41-38-35-32-24-21-18-15-12-9-6-3)64-58(61)52-49-46-43-40-37-34-30-28-26-23-20-17-14-11-8-5-2/h9,12,15-16,18-19,21,24-25,27-28,30-33,35,38-39,41-42,55H,4-8,10-11,13-14,17,20,22-23,26,29,34,36-37,40,43-54H2,1-3H3/b12-9+,18-15+,19-16+,24-21+,27-25+,30-28+,33-31+,35-32+,41-38+,42-39+. The Hall–Kier alpha value is -4.19. The Kier molecular flexibility index (Phi) is 48.1. The van der Waals surface area contributed by atoms with Gasteiger partial charge in [0, 0.05) is 19.3 Å². The normalized spacial score (nSPS) is 13.1. The molecule has 0 aliphatic rings. The minimum Gasteiger partial charge on any atom is -0.462 e. The summed E-state index contributed by atoms with van der Waals surface area (Å²) in [5.74, 6) is -1.08. The monoisotopic (exact) mass is 885 g/mol. The van der Waals surface area contributed by atoms with Crippen molar-refractivity contribution in [3.63, 3.8) is 0 Å². The van der Waals surface area contributed by atoms with Crippen LogP contribution in [0.25, 0.3) is 0 Å². The maximum absolute atomic E-state index is 12.8. The summed E-state index contributed by atoms with van der Waals surface area (Å²) >= 11 is 0. The summed E-state index contributed by atoms with van der Waals surface area (Å²) in [6, 6.07) is 0. The molecule has 0 fully saturated rings. The molecular weight excluding hydrogens is 793 g/mol. The first-order valence-electron chi connectivity index (χ1n) is 25.6. The molecule has 64 heavy (non-hydrogen) atoms. The van der Waals surface area contributed by atoms with E-state index in [-0.39, 0.29) is 50.4 Å². The summed E-state index contributed by atoms with van der Waals surface area (Å²) in [6.45, 7) is 6.32. The molecule has 1 atom stereocenters. The van der Waals surface area contributed by atoms with E-state index in [1.54, 1.807) is 0 Å². The lowest BCUT2D eigenvalue weighted by Crippen LogP contribution is -2.30. The van der Waals surface area contributed by atoms with Gasteiger partial charge < -0.3 is 14.2 Å². The molecule has 0 aromatic heterocycles. The Morgan fingerprint density at radius 2 is 0.688 bits per heavy atom. The van der Waals surface area contributed by atoms with Gasteiger partial charge in [0.15, 0.2) is 6.10 Å². The van der Waals surface area contributed by atoms with Gasteiger partial charge in [0.2, 0.25) is 0 Å². The maximum atomic E-state index is 12.8. The molecular formula is C58H92O6. The first-order valence-corrected chi connectivity index (χ1v) is 25.6. The fourth-order valence-corrected chi connectivity index (χ4v) is 6.46. The lowest BCUT2D eigenvalue weighted by molar-refractivity contribution is -0.167. The van der Waals surface area contributed by atoms with E-state index in [4.69, 9.17) is 14.2 Å². The topological polar surface area (TPSA) is 78.9 Å². The molecule has 0 saturated heterocycles. The Morgan fingerprint density at radius 3 is 1.19 bits per heavy atom. The lowest BCUT2D eigenvalue weighted by atomic mass is 10.1. The SMILES string of the molecule is CC/C=C/C=C/C=C/C=C/C=C/CCCC(=O)OCC(COC(=O)CCC/C=C/C/C=C/C/C=C/C/C=C/CCCCC)OC(=O)CCCCCCC/C=C/CCCCCCCCC. The predicted octanol–water partition coefficient (Wildman–Crippen LogP) is 16.9. The Balaban J connectivity index is 4.59. The number of hydrogen-bond acceptors (Lipinski definition) is 6. The van der Waals surface area contributed by atoms with Crippen LogP contribution in [0.15, 0.2) is 122 Å². The third-order valence-corrected chi connectivity index (χ3v) is 10.3. The van der Waals surface area contributed by atoms with Gasteiger partial charge in [-0.15, -0.1) is 0 Å². The highest BCUT2D eigenvalue weighted by Gasteiger charge is 2.19. The second-order valence-corrected chi connectivity index (χ2v) is 16.5. The van der Waals surface area contributed by atoms with E-state index in [1.165, 1.54) is 83.5 Å². The van der Waals surface area contributed by atoms with Gasteiger partial charge in [0.05, 0.1) is 0 Å². The molecule has 0 aliphatic heterocycles. The number of unbranched alkanes of at least 4 members (excludes halogenated alkanes) is 17. The second kappa shape index (κ2) is 51.4. The van der Waals surface area contributed by atoms with Crippen LogP contribution in [0.3, 0.4) is 0 Å². The quantitative estimate of drug-likeness (QED) is 0.0199. The van der Waals surface area contributed by atoms with Crippen molar-refractivity contribution in [3.8, 4) is 0 Å². The van der Waals surface area contributed by atoms with Crippen LogP contribution in [0.2, 0.25) is 0 Å². The Morgan fingerprint density at radius 1 is 0.344 bits per heavy atom. The zero-order valence-corrected chi connectivity index (χ0v) is 41.0. The van der Waals surface area contributed by atoms with Crippen molar-refractivity contribution in [2.75, 3.05) is 13.2 Å². The number of carbonyl (C=O) groups is 3. The summed E-state index contributed by atoms with van der Waals surface area (Å²) < 4.78 is 16.7. The molecule has 360 valence electrons. The molecule has 1 unspecified atom stereocenters. The van der Waals surface area contributed by atoms with Gasteiger partial charge in [0.25, 0.3) is 0 Å². The average Bonchev–Trinajstić information content (AvgIpc) is 3.29. The van der Waals surface area contributed by atoms with Crippen LogP contribution in [-0.4, -0.2) is 37.2 Å². The minimum absolute atomic E-state index is 0.136. The summed E-state index contributed by atoms with van der Waals surface area (Å²) in [5.41, 5.74) is 0. The van der Waals surface area contributed by atoms with Crippen LogP contribution >= 0.6 is 0 Å². The molecule has 0 aliphatic carbocycles. The number of ether oxygens (including phenoxy) is 3. The predicted molar refractivity (Wildman–Crippen MR) is 274 cm³/mol. The molecule has 0 heterocycles. The third-order valence-electron chi connectivity index (χ3n) is 10.3. The highest BCUT2D eigenvalue weighted by Crippen LogP contribution is 2.12. The number of esters is 3. The van der Waals surface area contributed by atoms with E-state index in [2.05, 4.69) is 87.6 Å². The number of hydrogen-bond donors (Lipinski definition) is 0. The van der Waals surface area contributed by atoms with Gasteiger partial charge in [-0.2, -0.15) is 0 Å². The first kappa shape index (κ1) is 59.8. The van der Waals surface area contributed by atoms with Crippen LogP contribution in [0.5, 0.6) is 0 Å². The summed E-state index contributed by atoms with van der Waals surface area (Å²) in [7, 11) is 0. The molecule has 0 saturated carbocycles. The van der Waals surface area contributed by atoms with Crippen molar-refractivity contribution in [1.29, 1.82) is 0 Å². The summed E-state index contributed by atoms with van der Waals surface area (Å²) in [4.78, 5) is 37.9. The largest absolute Gasteiger partial charge is 0.462 e. The zero-order valence-electron chi connectivity index (χ0n) is 41.0. The fourth-order valence-electron chi connectivity index (χ4n) is 6.46. The average molecular weight is 885 g/mol. The van der Waals surface area contributed by atoms with Crippen molar-refractivity contribution in [2.45, 2.75) is 213 Å². The van der Waals surface area contributed by atoms with Gasteiger partial charge in [-0.25, -0.2) is 0 Å². The van der Waals surface area contributed by atoms with E-state index in [0.717, 1.165) is 70.6 Å². The van der Waals surface area contributed by atoms with E-state index < -0.39 is 6.10 Å². The van der Waals surface area contributed by atoms with Gasteiger partial charge >= 0.3 is 17.9 Å². The second-order valence-electron chi connectivity index (χ2n) is 16.5. The van der Waals surface area contributed by atoms with Crippen molar-refractivity contribution in [1.82, 2.24) is 0 Å². The van der Waals surface area contributed by atoms with Crippen LogP contribution in [0.1, 0.15) is 207 Å². The van der Waals surface area contributed by atoms with Crippen LogP contribution < -0.4 is 0 Å². The zero-order chi connectivity index (χ0) is 46.5.